The number of hydrogen-bond donors (Lipinski definition) is 2. The van der Waals surface area contributed by atoms with Crippen LogP contribution in [0.2, 0.25) is 0 Å². The van der Waals surface area contributed by atoms with Gasteiger partial charge in [-0.1, -0.05) is 12.1 Å². The Balaban J connectivity index is 2.73. The van der Waals surface area contributed by atoms with Gasteiger partial charge < -0.3 is 15.6 Å². The topological polar surface area (TPSA) is 72.5 Å². The third kappa shape index (κ3) is 2.95. The molecule has 1 atom stereocenters. The lowest BCUT2D eigenvalue weighted by Crippen LogP contribution is -2.33. The fraction of sp³-hybridized carbons (Fsp3) is 0.364. The zero-order valence-corrected chi connectivity index (χ0v) is 8.86. The molecule has 0 aliphatic rings. The number of ether oxygens (including phenoxy) is 1. The summed E-state index contributed by atoms with van der Waals surface area (Å²) in [6.45, 7) is 1.79. The Labute approximate surface area is 88.7 Å². The van der Waals surface area contributed by atoms with Crippen molar-refractivity contribution in [2.45, 2.75) is 19.4 Å². The SMILES string of the molecule is COC(=O)[C@@H](N)Cc1ccc(O)c(C)c1. The molecule has 1 rings (SSSR count). The highest BCUT2D eigenvalue weighted by molar-refractivity contribution is 5.75. The van der Waals surface area contributed by atoms with Gasteiger partial charge in [-0.2, -0.15) is 0 Å². The number of hydrogen-bond acceptors (Lipinski definition) is 4. The van der Waals surface area contributed by atoms with Gasteiger partial charge in [-0.15, -0.1) is 0 Å². The summed E-state index contributed by atoms with van der Waals surface area (Å²) in [6, 6.07) is 4.48. The van der Waals surface area contributed by atoms with E-state index in [1.807, 2.05) is 0 Å². The molecule has 4 heteroatoms. The molecule has 0 saturated heterocycles. The lowest BCUT2D eigenvalue weighted by atomic mass is 10.0. The summed E-state index contributed by atoms with van der Waals surface area (Å²) >= 11 is 0. The summed E-state index contributed by atoms with van der Waals surface area (Å²) in [6.07, 6.45) is 0.411. The van der Waals surface area contributed by atoms with E-state index in [0.717, 1.165) is 11.1 Å². The highest BCUT2D eigenvalue weighted by Crippen LogP contribution is 2.17. The zero-order chi connectivity index (χ0) is 11.4. The molecule has 1 aromatic carbocycles. The minimum absolute atomic E-state index is 0.241. The monoisotopic (exact) mass is 209 g/mol. The van der Waals surface area contributed by atoms with Crippen molar-refractivity contribution in [3.8, 4) is 5.75 Å². The standard InChI is InChI=1S/C11H15NO3/c1-7-5-8(3-4-10(7)13)6-9(12)11(14)15-2/h3-5,9,13H,6,12H2,1-2H3/t9-/m0/s1. The quantitative estimate of drug-likeness (QED) is 0.720. The molecule has 0 amide bonds. The fourth-order valence-electron chi connectivity index (χ4n) is 1.33. The van der Waals surface area contributed by atoms with Crippen LogP contribution in [0, 0.1) is 6.92 Å². The molecule has 4 nitrogen and oxygen atoms in total. The molecular formula is C11H15NO3. The first-order valence-corrected chi connectivity index (χ1v) is 4.66. The van der Waals surface area contributed by atoms with Gasteiger partial charge in [0, 0.05) is 0 Å². The third-order valence-electron chi connectivity index (χ3n) is 2.22. The van der Waals surface area contributed by atoms with E-state index in [1.165, 1.54) is 7.11 Å². The van der Waals surface area contributed by atoms with Crippen LogP contribution in [0.3, 0.4) is 0 Å². The van der Waals surface area contributed by atoms with E-state index in [9.17, 15) is 9.90 Å². The van der Waals surface area contributed by atoms with Crippen molar-refractivity contribution in [3.05, 3.63) is 29.3 Å². The van der Waals surface area contributed by atoms with Crippen LogP contribution in [0.15, 0.2) is 18.2 Å². The summed E-state index contributed by atoms with van der Waals surface area (Å²) in [5.41, 5.74) is 7.28. The lowest BCUT2D eigenvalue weighted by Gasteiger charge is -2.09. The number of nitrogens with two attached hydrogens (primary N) is 1. The Kier molecular flexibility index (Phi) is 3.68. The first kappa shape index (κ1) is 11.5. The maximum atomic E-state index is 11.1. The van der Waals surface area contributed by atoms with Crippen LogP contribution in [0.5, 0.6) is 5.75 Å². The van der Waals surface area contributed by atoms with E-state index in [-0.39, 0.29) is 5.75 Å². The molecule has 3 N–H and O–H groups in total. The third-order valence-corrected chi connectivity index (χ3v) is 2.22. The molecule has 0 aliphatic carbocycles. The molecule has 1 aromatic rings. The predicted molar refractivity (Wildman–Crippen MR) is 56.5 cm³/mol. The van der Waals surface area contributed by atoms with E-state index in [4.69, 9.17) is 5.73 Å². The van der Waals surface area contributed by atoms with Crippen molar-refractivity contribution in [1.82, 2.24) is 0 Å². The number of phenols is 1. The van der Waals surface area contributed by atoms with Gasteiger partial charge in [-0.05, 0) is 30.5 Å². The van der Waals surface area contributed by atoms with Gasteiger partial charge in [0.05, 0.1) is 7.11 Å². The van der Waals surface area contributed by atoms with Gasteiger partial charge in [0.25, 0.3) is 0 Å². The molecule has 15 heavy (non-hydrogen) atoms. The summed E-state index contributed by atoms with van der Waals surface area (Å²) in [5.74, 6) is -0.189. The Bertz CT molecular complexity index is 363. The van der Waals surface area contributed by atoms with Crippen LogP contribution >= 0.6 is 0 Å². The summed E-state index contributed by atoms with van der Waals surface area (Å²) < 4.78 is 4.52. The Morgan fingerprint density at radius 3 is 2.80 bits per heavy atom. The number of aryl methyl sites for hydroxylation is 1. The molecule has 0 heterocycles. The summed E-state index contributed by atoms with van der Waals surface area (Å²) in [4.78, 5) is 11.1. The van der Waals surface area contributed by atoms with Crippen molar-refractivity contribution >= 4 is 5.97 Å². The van der Waals surface area contributed by atoms with E-state index < -0.39 is 12.0 Å². The normalized spacial score (nSPS) is 12.2. The highest BCUT2D eigenvalue weighted by atomic mass is 16.5. The molecule has 82 valence electrons. The van der Waals surface area contributed by atoms with E-state index in [2.05, 4.69) is 4.74 Å². The largest absolute Gasteiger partial charge is 0.508 e. The highest BCUT2D eigenvalue weighted by Gasteiger charge is 2.14. The number of methoxy groups -OCH3 is 1. The molecular weight excluding hydrogens is 194 g/mol. The average Bonchev–Trinajstić information content (AvgIpc) is 2.22. The second-order valence-corrected chi connectivity index (χ2v) is 3.45. The molecule has 0 spiro atoms. The maximum absolute atomic E-state index is 11.1. The van der Waals surface area contributed by atoms with Crippen molar-refractivity contribution in [2.24, 2.45) is 5.73 Å². The summed E-state index contributed by atoms with van der Waals surface area (Å²) in [5, 5.41) is 9.31. The average molecular weight is 209 g/mol. The minimum atomic E-state index is -0.654. The van der Waals surface area contributed by atoms with E-state index in [0.29, 0.717) is 6.42 Å². The second-order valence-electron chi connectivity index (χ2n) is 3.45. The lowest BCUT2D eigenvalue weighted by molar-refractivity contribution is -0.142. The van der Waals surface area contributed by atoms with Crippen LogP contribution in [-0.2, 0) is 16.0 Å². The number of esters is 1. The number of aromatic hydroxyl groups is 1. The molecule has 0 aromatic heterocycles. The van der Waals surface area contributed by atoms with Gasteiger partial charge in [-0.3, -0.25) is 4.79 Å². The molecule has 0 bridgehead atoms. The predicted octanol–water partition coefficient (Wildman–Crippen LogP) is 0.743. The number of carbonyl (C=O) groups is 1. The van der Waals surface area contributed by atoms with Gasteiger partial charge >= 0.3 is 5.97 Å². The van der Waals surface area contributed by atoms with Gasteiger partial charge in [0.15, 0.2) is 0 Å². The number of benzene rings is 1. The van der Waals surface area contributed by atoms with Gasteiger partial charge in [-0.25, -0.2) is 0 Å². The molecule has 0 fully saturated rings. The van der Waals surface area contributed by atoms with E-state index >= 15 is 0 Å². The van der Waals surface area contributed by atoms with Crippen molar-refractivity contribution in [1.29, 1.82) is 0 Å². The van der Waals surface area contributed by atoms with Crippen LogP contribution in [-0.4, -0.2) is 24.2 Å². The van der Waals surface area contributed by atoms with Crippen LogP contribution in [0.4, 0.5) is 0 Å². The number of rotatable bonds is 3. The molecule has 0 unspecified atom stereocenters. The van der Waals surface area contributed by atoms with Crippen molar-refractivity contribution < 1.29 is 14.6 Å². The van der Waals surface area contributed by atoms with Gasteiger partial charge in [0.1, 0.15) is 11.8 Å². The van der Waals surface area contributed by atoms with Crippen molar-refractivity contribution in [2.75, 3.05) is 7.11 Å². The number of carbonyl (C=O) groups excluding carboxylic acids is 1. The zero-order valence-electron chi connectivity index (χ0n) is 8.86. The first-order valence-electron chi connectivity index (χ1n) is 4.66. The first-order chi connectivity index (χ1) is 7.04. The Morgan fingerprint density at radius 1 is 1.60 bits per heavy atom. The van der Waals surface area contributed by atoms with Crippen LogP contribution in [0.25, 0.3) is 0 Å². The second kappa shape index (κ2) is 4.79. The number of phenolic OH excluding ortho intramolecular Hbond substituents is 1. The molecule has 0 aliphatic heterocycles. The van der Waals surface area contributed by atoms with E-state index in [1.54, 1.807) is 25.1 Å². The summed E-state index contributed by atoms with van der Waals surface area (Å²) in [7, 11) is 1.31. The smallest absolute Gasteiger partial charge is 0.322 e. The van der Waals surface area contributed by atoms with Crippen molar-refractivity contribution in [3.63, 3.8) is 0 Å². The Hall–Kier alpha value is -1.55. The fourth-order valence-corrected chi connectivity index (χ4v) is 1.33. The van der Waals surface area contributed by atoms with Gasteiger partial charge in [0.2, 0.25) is 0 Å². The molecule has 0 radical (unpaired) electrons. The minimum Gasteiger partial charge on any atom is -0.508 e. The Morgan fingerprint density at radius 2 is 2.27 bits per heavy atom. The maximum Gasteiger partial charge on any atom is 0.322 e. The van der Waals surface area contributed by atoms with Crippen LogP contribution in [0.1, 0.15) is 11.1 Å². The molecule has 0 saturated carbocycles. The van der Waals surface area contributed by atoms with Crippen LogP contribution < -0.4 is 5.73 Å².